The molecule has 0 radical (unpaired) electrons. The summed E-state index contributed by atoms with van der Waals surface area (Å²) in [4.78, 5) is 18.3. The minimum atomic E-state index is -0.350. The van der Waals surface area contributed by atoms with Crippen molar-refractivity contribution < 1.29 is 14.6 Å². The Morgan fingerprint density at radius 2 is 2.45 bits per heavy atom. The fourth-order valence-electron chi connectivity index (χ4n) is 2.08. The maximum Gasteiger partial charge on any atom is 0.274 e. The zero-order valence-electron chi connectivity index (χ0n) is 11.3. The van der Waals surface area contributed by atoms with Crippen LogP contribution < -0.4 is 5.32 Å². The lowest BCUT2D eigenvalue weighted by Gasteiger charge is -2.34. The second-order valence-corrected chi connectivity index (χ2v) is 4.87. The molecular weight excluding hydrogens is 282 g/mol. The Morgan fingerprint density at radius 1 is 1.65 bits per heavy atom. The first-order valence-electron chi connectivity index (χ1n) is 6.57. The fraction of sp³-hybridized carbons (Fsp3) is 0.538. The van der Waals surface area contributed by atoms with Crippen molar-refractivity contribution in [2.75, 3.05) is 38.2 Å². The second kappa shape index (κ2) is 6.88. The average molecular weight is 300 g/mol. The van der Waals surface area contributed by atoms with Crippen LogP contribution in [0, 0.1) is 0 Å². The van der Waals surface area contributed by atoms with Gasteiger partial charge in [0, 0.05) is 13.1 Å². The van der Waals surface area contributed by atoms with Crippen molar-refractivity contribution in [3.63, 3.8) is 0 Å². The van der Waals surface area contributed by atoms with Crippen LogP contribution in [0.5, 0.6) is 0 Å². The Balaban J connectivity index is 2.24. The molecule has 1 atom stereocenters. The standard InChI is InChI=1S/C13H18ClN3O3/c1-2-15-11-4-3-10(14)12(16-11)13(19)17-5-6-20-8-9(17)7-18/h3-4,9,18H,2,5-8H2,1H3,(H,15,16). The molecule has 2 heterocycles. The molecule has 0 aliphatic carbocycles. The predicted octanol–water partition coefficient (Wildman–Crippen LogP) is 1.00. The summed E-state index contributed by atoms with van der Waals surface area (Å²) in [6.45, 7) is 3.71. The molecular formula is C13H18ClN3O3. The van der Waals surface area contributed by atoms with E-state index in [1.807, 2.05) is 6.92 Å². The Labute approximate surface area is 122 Å². The van der Waals surface area contributed by atoms with Crippen LogP contribution in [-0.2, 0) is 4.74 Å². The summed E-state index contributed by atoms with van der Waals surface area (Å²) in [5.74, 6) is 0.325. The van der Waals surface area contributed by atoms with Crippen LogP contribution in [0.15, 0.2) is 12.1 Å². The van der Waals surface area contributed by atoms with Gasteiger partial charge in [-0.05, 0) is 19.1 Å². The van der Waals surface area contributed by atoms with Crippen LogP contribution in [0.25, 0.3) is 0 Å². The van der Waals surface area contributed by atoms with Gasteiger partial charge in [-0.1, -0.05) is 11.6 Å². The minimum Gasteiger partial charge on any atom is -0.394 e. The predicted molar refractivity (Wildman–Crippen MR) is 76.1 cm³/mol. The molecule has 110 valence electrons. The van der Waals surface area contributed by atoms with E-state index in [0.29, 0.717) is 37.1 Å². The van der Waals surface area contributed by atoms with Crippen molar-refractivity contribution in [3.8, 4) is 0 Å². The Kier molecular flexibility index (Phi) is 5.17. The summed E-state index contributed by atoms with van der Waals surface area (Å²) in [5.41, 5.74) is 0.200. The van der Waals surface area contributed by atoms with Gasteiger partial charge in [0.15, 0.2) is 0 Å². The molecule has 20 heavy (non-hydrogen) atoms. The van der Waals surface area contributed by atoms with Crippen LogP contribution in [0.2, 0.25) is 5.02 Å². The summed E-state index contributed by atoms with van der Waals surface area (Å²) >= 11 is 6.07. The summed E-state index contributed by atoms with van der Waals surface area (Å²) in [6, 6.07) is 3.02. The smallest absolute Gasteiger partial charge is 0.274 e. The number of aliphatic hydroxyl groups is 1. The number of aliphatic hydroxyl groups excluding tert-OH is 1. The highest BCUT2D eigenvalue weighted by Crippen LogP contribution is 2.20. The quantitative estimate of drug-likeness (QED) is 0.867. The number of nitrogens with one attached hydrogen (secondary N) is 1. The molecule has 7 heteroatoms. The number of halogens is 1. The van der Waals surface area contributed by atoms with Crippen molar-refractivity contribution in [2.45, 2.75) is 13.0 Å². The maximum absolute atomic E-state index is 12.5. The van der Waals surface area contributed by atoms with Crippen molar-refractivity contribution in [2.24, 2.45) is 0 Å². The number of pyridine rings is 1. The normalized spacial score (nSPS) is 18.9. The summed E-state index contributed by atoms with van der Waals surface area (Å²) in [5, 5.41) is 12.7. The van der Waals surface area contributed by atoms with Gasteiger partial charge in [0.1, 0.15) is 11.5 Å². The van der Waals surface area contributed by atoms with Crippen LogP contribution in [0.4, 0.5) is 5.82 Å². The Hall–Kier alpha value is -1.37. The molecule has 1 saturated heterocycles. The van der Waals surface area contributed by atoms with E-state index in [1.165, 1.54) is 0 Å². The average Bonchev–Trinajstić information content (AvgIpc) is 2.48. The number of carbonyl (C=O) groups excluding carboxylic acids is 1. The molecule has 0 saturated carbocycles. The highest BCUT2D eigenvalue weighted by Gasteiger charge is 2.29. The van der Waals surface area contributed by atoms with Gasteiger partial charge in [-0.3, -0.25) is 4.79 Å². The topological polar surface area (TPSA) is 74.7 Å². The van der Waals surface area contributed by atoms with Gasteiger partial charge in [0.2, 0.25) is 0 Å². The molecule has 1 aromatic rings. The van der Waals surface area contributed by atoms with Gasteiger partial charge in [-0.15, -0.1) is 0 Å². The first-order chi connectivity index (χ1) is 9.67. The molecule has 1 fully saturated rings. The third-order valence-electron chi connectivity index (χ3n) is 3.11. The van der Waals surface area contributed by atoms with Crippen LogP contribution in [-0.4, -0.2) is 59.8 Å². The molecule has 0 spiro atoms. The third-order valence-corrected chi connectivity index (χ3v) is 3.41. The highest BCUT2D eigenvalue weighted by molar-refractivity contribution is 6.33. The first kappa shape index (κ1) is 15.0. The van der Waals surface area contributed by atoms with Crippen LogP contribution in [0.3, 0.4) is 0 Å². The van der Waals surface area contributed by atoms with Gasteiger partial charge in [-0.2, -0.15) is 0 Å². The number of anilines is 1. The van der Waals surface area contributed by atoms with Gasteiger partial charge in [0.25, 0.3) is 5.91 Å². The number of carbonyl (C=O) groups is 1. The number of ether oxygens (including phenoxy) is 1. The lowest BCUT2D eigenvalue weighted by Crippen LogP contribution is -2.50. The minimum absolute atomic E-state index is 0.143. The van der Waals surface area contributed by atoms with Crippen molar-refractivity contribution in [1.29, 1.82) is 0 Å². The zero-order valence-corrected chi connectivity index (χ0v) is 12.1. The van der Waals surface area contributed by atoms with Gasteiger partial charge in [-0.25, -0.2) is 4.98 Å². The van der Waals surface area contributed by atoms with E-state index in [1.54, 1.807) is 17.0 Å². The van der Waals surface area contributed by atoms with E-state index in [-0.39, 0.29) is 24.2 Å². The molecule has 1 aliphatic heterocycles. The number of hydrogen-bond donors (Lipinski definition) is 2. The maximum atomic E-state index is 12.5. The molecule has 2 N–H and O–H groups in total. The van der Waals surface area contributed by atoms with Crippen LogP contribution >= 0.6 is 11.6 Å². The van der Waals surface area contributed by atoms with Crippen molar-refractivity contribution >= 4 is 23.3 Å². The molecule has 1 aromatic heterocycles. The van der Waals surface area contributed by atoms with Crippen molar-refractivity contribution in [3.05, 3.63) is 22.8 Å². The molecule has 1 amide bonds. The summed E-state index contributed by atoms with van der Waals surface area (Å²) in [7, 11) is 0. The number of nitrogens with zero attached hydrogens (tertiary/aromatic N) is 2. The fourth-order valence-corrected chi connectivity index (χ4v) is 2.27. The summed E-state index contributed by atoms with van der Waals surface area (Å²) < 4.78 is 5.26. The number of hydrogen-bond acceptors (Lipinski definition) is 5. The lowest BCUT2D eigenvalue weighted by molar-refractivity contribution is -0.0186. The largest absolute Gasteiger partial charge is 0.394 e. The number of morpholine rings is 1. The number of rotatable bonds is 4. The molecule has 2 rings (SSSR count). The number of amides is 1. The third kappa shape index (κ3) is 3.20. The highest BCUT2D eigenvalue weighted by atomic mass is 35.5. The van der Waals surface area contributed by atoms with E-state index in [4.69, 9.17) is 16.3 Å². The zero-order chi connectivity index (χ0) is 14.5. The van der Waals surface area contributed by atoms with E-state index in [2.05, 4.69) is 10.3 Å². The van der Waals surface area contributed by atoms with E-state index in [9.17, 15) is 9.90 Å². The van der Waals surface area contributed by atoms with E-state index < -0.39 is 0 Å². The lowest BCUT2D eigenvalue weighted by atomic mass is 10.2. The second-order valence-electron chi connectivity index (χ2n) is 4.47. The molecule has 0 aromatic carbocycles. The molecule has 0 bridgehead atoms. The molecule has 1 unspecified atom stereocenters. The monoisotopic (exact) mass is 299 g/mol. The Morgan fingerprint density at radius 3 is 3.15 bits per heavy atom. The first-order valence-corrected chi connectivity index (χ1v) is 6.95. The van der Waals surface area contributed by atoms with Gasteiger partial charge in [0.05, 0.1) is 30.9 Å². The van der Waals surface area contributed by atoms with Gasteiger partial charge < -0.3 is 20.1 Å². The van der Waals surface area contributed by atoms with Crippen LogP contribution in [0.1, 0.15) is 17.4 Å². The molecule has 6 nitrogen and oxygen atoms in total. The van der Waals surface area contributed by atoms with E-state index >= 15 is 0 Å². The summed E-state index contributed by atoms with van der Waals surface area (Å²) in [6.07, 6.45) is 0. The Bertz CT molecular complexity index is 484. The SMILES string of the molecule is CCNc1ccc(Cl)c(C(=O)N2CCOCC2CO)n1. The van der Waals surface area contributed by atoms with Crippen molar-refractivity contribution in [1.82, 2.24) is 9.88 Å². The van der Waals surface area contributed by atoms with E-state index in [0.717, 1.165) is 0 Å². The molecule has 1 aliphatic rings. The van der Waals surface area contributed by atoms with Gasteiger partial charge >= 0.3 is 0 Å². The number of aromatic nitrogens is 1.